The fourth-order valence-corrected chi connectivity index (χ4v) is 4.37. The molecule has 0 unspecified atom stereocenters. The summed E-state index contributed by atoms with van der Waals surface area (Å²) in [5.41, 5.74) is 6.31. The van der Waals surface area contributed by atoms with E-state index in [9.17, 15) is 0 Å². The fourth-order valence-electron chi connectivity index (χ4n) is 3.47. The Morgan fingerprint density at radius 1 is 1.32 bits per heavy atom. The second-order valence-electron chi connectivity index (χ2n) is 6.21. The monoisotopic (exact) mass is 328 g/mol. The minimum Gasteiger partial charge on any atom is -0.382 e. The van der Waals surface area contributed by atoms with Crippen LogP contribution in [-0.4, -0.2) is 67.3 Å². The van der Waals surface area contributed by atoms with Crippen molar-refractivity contribution in [3.05, 3.63) is 0 Å². The molecule has 1 aliphatic heterocycles. The molecule has 6 heteroatoms. The van der Waals surface area contributed by atoms with Crippen LogP contribution < -0.4 is 11.1 Å². The number of nitrogens with two attached hydrogens (primary N) is 1. The summed E-state index contributed by atoms with van der Waals surface area (Å²) in [5, 5.41) is 3.21. The first-order chi connectivity index (χ1) is 10.8. The van der Waals surface area contributed by atoms with Crippen molar-refractivity contribution in [2.75, 3.05) is 50.9 Å². The maximum Gasteiger partial charge on any atom is 0.188 e. The number of guanidine groups is 1. The van der Waals surface area contributed by atoms with Crippen molar-refractivity contribution in [3.63, 3.8) is 0 Å². The van der Waals surface area contributed by atoms with Crippen LogP contribution in [-0.2, 0) is 4.74 Å². The van der Waals surface area contributed by atoms with Crippen molar-refractivity contribution < 1.29 is 4.74 Å². The van der Waals surface area contributed by atoms with E-state index in [1.807, 2.05) is 6.92 Å². The highest BCUT2D eigenvalue weighted by molar-refractivity contribution is 7.99. The molecule has 5 nitrogen and oxygen atoms in total. The summed E-state index contributed by atoms with van der Waals surface area (Å²) in [6.07, 6.45) is 6.19. The molecule has 0 spiro atoms. The Morgan fingerprint density at radius 2 is 2.05 bits per heavy atom. The van der Waals surface area contributed by atoms with E-state index in [2.05, 4.69) is 27.0 Å². The molecule has 1 saturated heterocycles. The smallest absolute Gasteiger partial charge is 0.188 e. The third-order valence-corrected chi connectivity index (χ3v) is 5.68. The van der Waals surface area contributed by atoms with Gasteiger partial charge in [0.05, 0.1) is 6.54 Å². The van der Waals surface area contributed by atoms with E-state index in [1.165, 1.54) is 50.3 Å². The first-order valence-corrected chi connectivity index (χ1v) is 9.87. The zero-order valence-corrected chi connectivity index (χ0v) is 14.8. The molecule has 22 heavy (non-hydrogen) atoms. The molecule has 2 rings (SSSR count). The molecule has 0 atom stereocenters. The predicted octanol–water partition coefficient (Wildman–Crippen LogP) is 1.68. The second kappa shape index (κ2) is 9.63. The van der Waals surface area contributed by atoms with Crippen LogP contribution in [0.3, 0.4) is 0 Å². The lowest BCUT2D eigenvalue weighted by Gasteiger charge is -2.42. The maximum absolute atomic E-state index is 6.03. The number of aliphatic imine (C=N–C) groups is 1. The van der Waals surface area contributed by atoms with Gasteiger partial charge in [0.15, 0.2) is 5.96 Å². The normalized spacial score (nSPS) is 22.9. The minimum absolute atomic E-state index is 0.276. The second-order valence-corrected chi connectivity index (χ2v) is 7.43. The quantitative estimate of drug-likeness (QED) is 0.403. The molecule has 1 aliphatic carbocycles. The van der Waals surface area contributed by atoms with Gasteiger partial charge >= 0.3 is 0 Å². The largest absolute Gasteiger partial charge is 0.382 e. The number of hydrogen-bond donors (Lipinski definition) is 2. The molecule has 2 aliphatic rings. The van der Waals surface area contributed by atoms with Crippen LogP contribution in [0, 0.1) is 0 Å². The summed E-state index contributed by atoms with van der Waals surface area (Å²) in [6.45, 7) is 7.68. The summed E-state index contributed by atoms with van der Waals surface area (Å²) in [4.78, 5) is 7.35. The van der Waals surface area contributed by atoms with Crippen LogP contribution in [0.1, 0.15) is 39.0 Å². The highest BCUT2D eigenvalue weighted by atomic mass is 32.2. The Balaban J connectivity index is 1.79. The average molecular weight is 329 g/mol. The van der Waals surface area contributed by atoms with Gasteiger partial charge in [-0.05, 0) is 26.2 Å². The summed E-state index contributed by atoms with van der Waals surface area (Å²) in [6, 6.07) is 0. The van der Waals surface area contributed by atoms with E-state index in [0.717, 1.165) is 32.7 Å². The molecule has 0 aromatic carbocycles. The Kier molecular flexibility index (Phi) is 7.83. The molecule has 0 aromatic rings. The van der Waals surface area contributed by atoms with Gasteiger partial charge in [-0.3, -0.25) is 9.89 Å². The Bertz CT molecular complexity index is 339. The van der Waals surface area contributed by atoms with Crippen LogP contribution in [0.5, 0.6) is 0 Å². The molecule has 2 fully saturated rings. The van der Waals surface area contributed by atoms with Crippen LogP contribution in [0.4, 0.5) is 0 Å². The van der Waals surface area contributed by atoms with E-state index < -0.39 is 0 Å². The Hall–Kier alpha value is -0.460. The summed E-state index contributed by atoms with van der Waals surface area (Å²) in [5.74, 6) is 3.11. The number of hydrogen-bond acceptors (Lipinski definition) is 4. The molecule has 1 saturated carbocycles. The first kappa shape index (κ1) is 17.9. The van der Waals surface area contributed by atoms with E-state index >= 15 is 0 Å². The lowest BCUT2D eigenvalue weighted by Crippen LogP contribution is -2.53. The number of rotatable bonds is 8. The highest BCUT2D eigenvalue weighted by Gasteiger charge is 2.39. The zero-order valence-electron chi connectivity index (χ0n) is 14.0. The van der Waals surface area contributed by atoms with Crippen molar-refractivity contribution in [2.45, 2.75) is 44.6 Å². The van der Waals surface area contributed by atoms with Crippen molar-refractivity contribution in [1.29, 1.82) is 0 Å². The van der Waals surface area contributed by atoms with Crippen molar-refractivity contribution in [3.8, 4) is 0 Å². The Labute approximate surface area is 139 Å². The van der Waals surface area contributed by atoms with E-state index in [0.29, 0.717) is 5.96 Å². The standard InChI is InChI=1S/C16H32N4OS/c1-2-21-11-5-8-18-15(17)19-14-16(6-3-4-7-16)20-9-12-22-13-10-20/h2-14H2,1H3,(H3,17,18,19). The fraction of sp³-hybridized carbons (Fsp3) is 0.938. The molecule has 0 bridgehead atoms. The van der Waals surface area contributed by atoms with Gasteiger partial charge in [-0.25, -0.2) is 0 Å². The maximum atomic E-state index is 6.03. The number of nitrogens with one attached hydrogen (secondary N) is 1. The molecule has 0 aromatic heterocycles. The lowest BCUT2D eigenvalue weighted by atomic mass is 9.95. The lowest BCUT2D eigenvalue weighted by molar-refractivity contribution is 0.112. The van der Waals surface area contributed by atoms with E-state index in [4.69, 9.17) is 10.5 Å². The SMILES string of the molecule is CCOCCCNC(N)=NCC1(N2CCSCC2)CCCC1. The van der Waals surface area contributed by atoms with Gasteiger partial charge in [0.1, 0.15) is 0 Å². The molecule has 0 amide bonds. The summed E-state index contributed by atoms with van der Waals surface area (Å²) >= 11 is 2.07. The van der Waals surface area contributed by atoms with Gasteiger partial charge in [0, 0.05) is 49.9 Å². The van der Waals surface area contributed by atoms with Gasteiger partial charge in [0.25, 0.3) is 0 Å². The zero-order chi connectivity index (χ0) is 15.7. The van der Waals surface area contributed by atoms with Gasteiger partial charge in [-0.2, -0.15) is 11.8 Å². The minimum atomic E-state index is 0.276. The third-order valence-electron chi connectivity index (χ3n) is 4.74. The van der Waals surface area contributed by atoms with Crippen molar-refractivity contribution in [1.82, 2.24) is 10.2 Å². The highest BCUT2D eigenvalue weighted by Crippen LogP contribution is 2.36. The Morgan fingerprint density at radius 3 is 2.73 bits per heavy atom. The molecule has 128 valence electrons. The topological polar surface area (TPSA) is 62.9 Å². The molecule has 1 heterocycles. The van der Waals surface area contributed by atoms with Crippen LogP contribution >= 0.6 is 11.8 Å². The van der Waals surface area contributed by atoms with Crippen LogP contribution in [0.2, 0.25) is 0 Å². The van der Waals surface area contributed by atoms with Gasteiger partial charge < -0.3 is 15.8 Å². The van der Waals surface area contributed by atoms with Crippen LogP contribution in [0.15, 0.2) is 4.99 Å². The molecular weight excluding hydrogens is 296 g/mol. The third kappa shape index (κ3) is 5.32. The van der Waals surface area contributed by atoms with Crippen LogP contribution in [0.25, 0.3) is 0 Å². The summed E-state index contributed by atoms with van der Waals surface area (Å²) in [7, 11) is 0. The van der Waals surface area contributed by atoms with E-state index in [1.54, 1.807) is 0 Å². The summed E-state index contributed by atoms with van der Waals surface area (Å²) < 4.78 is 5.32. The predicted molar refractivity (Wildman–Crippen MR) is 95.7 cm³/mol. The molecule has 0 radical (unpaired) electrons. The van der Waals surface area contributed by atoms with Gasteiger partial charge in [0.2, 0.25) is 0 Å². The van der Waals surface area contributed by atoms with Crippen molar-refractivity contribution in [2.24, 2.45) is 10.7 Å². The number of thioether (sulfide) groups is 1. The number of nitrogens with zero attached hydrogens (tertiary/aromatic N) is 2. The average Bonchev–Trinajstić information content (AvgIpc) is 3.04. The van der Waals surface area contributed by atoms with Gasteiger partial charge in [-0.15, -0.1) is 0 Å². The van der Waals surface area contributed by atoms with E-state index in [-0.39, 0.29) is 5.54 Å². The van der Waals surface area contributed by atoms with Crippen molar-refractivity contribution >= 4 is 17.7 Å². The molecule has 3 N–H and O–H groups in total. The molecular formula is C16H32N4OS. The number of ether oxygens (including phenoxy) is 1. The first-order valence-electron chi connectivity index (χ1n) is 8.71. The van der Waals surface area contributed by atoms with Gasteiger partial charge in [-0.1, -0.05) is 12.8 Å².